The summed E-state index contributed by atoms with van der Waals surface area (Å²) in [6.07, 6.45) is 5.78. The largest absolute Gasteiger partial charge is 0.496 e. The molecule has 0 unspecified atom stereocenters. The highest BCUT2D eigenvalue weighted by atomic mass is 79.9. The Labute approximate surface area is 134 Å². The molecule has 4 heteroatoms. The van der Waals surface area contributed by atoms with Crippen molar-refractivity contribution in [3.05, 3.63) is 27.9 Å². The Kier molecular flexibility index (Phi) is 4.34. The summed E-state index contributed by atoms with van der Waals surface area (Å²) in [6, 6.07) is 4.04. The topological polar surface area (TPSA) is 34.2 Å². The van der Waals surface area contributed by atoms with Crippen molar-refractivity contribution in [1.29, 1.82) is 0 Å². The Morgan fingerprint density at radius 2 is 2.10 bits per heavy atom. The first-order valence-corrected chi connectivity index (χ1v) is 8.47. The van der Waals surface area contributed by atoms with Gasteiger partial charge in [0, 0.05) is 16.7 Å². The van der Waals surface area contributed by atoms with Crippen molar-refractivity contribution < 1.29 is 4.74 Å². The van der Waals surface area contributed by atoms with Crippen LogP contribution in [0.25, 0.3) is 10.9 Å². The molecule has 0 saturated heterocycles. The molecular formula is C17H21BrN2O. The molecule has 112 valence electrons. The lowest BCUT2D eigenvalue weighted by Crippen LogP contribution is -2.12. The smallest absolute Gasteiger partial charge is 0.130 e. The molecule has 1 aromatic carbocycles. The molecule has 0 amide bonds. The fourth-order valence-corrected chi connectivity index (χ4v) is 3.50. The molecule has 1 aromatic heterocycles. The van der Waals surface area contributed by atoms with Gasteiger partial charge in [0.25, 0.3) is 0 Å². The third-order valence-electron chi connectivity index (χ3n) is 4.10. The summed E-state index contributed by atoms with van der Waals surface area (Å²) in [6.45, 7) is 3.16. The Hall–Kier alpha value is -1.29. The highest BCUT2D eigenvalue weighted by Crippen LogP contribution is 2.40. The van der Waals surface area contributed by atoms with Gasteiger partial charge in [0.2, 0.25) is 0 Å². The van der Waals surface area contributed by atoms with Gasteiger partial charge in [-0.25, -0.2) is 0 Å². The zero-order valence-corrected chi connectivity index (χ0v) is 14.2. The number of halogens is 1. The number of aromatic nitrogens is 1. The van der Waals surface area contributed by atoms with Gasteiger partial charge in [-0.3, -0.25) is 4.98 Å². The average molecular weight is 349 g/mol. The lowest BCUT2D eigenvalue weighted by atomic mass is 9.92. The molecule has 1 aliphatic rings. The minimum absolute atomic E-state index is 0.896. The van der Waals surface area contributed by atoms with Crippen molar-refractivity contribution in [1.82, 2.24) is 4.98 Å². The number of ether oxygens (including phenoxy) is 1. The average Bonchev–Trinajstić information content (AvgIpc) is 2.52. The molecule has 3 nitrogen and oxygen atoms in total. The molecule has 1 heterocycles. The van der Waals surface area contributed by atoms with Gasteiger partial charge >= 0.3 is 0 Å². The number of fused-ring (bicyclic) bond motifs is 2. The molecule has 21 heavy (non-hydrogen) atoms. The number of pyridine rings is 1. The van der Waals surface area contributed by atoms with Crippen LogP contribution in [-0.4, -0.2) is 18.6 Å². The molecule has 0 aliphatic heterocycles. The van der Waals surface area contributed by atoms with Gasteiger partial charge in [0.05, 0.1) is 23.7 Å². The van der Waals surface area contributed by atoms with E-state index in [0.717, 1.165) is 46.9 Å². The molecule has 0 saturated carbocycles. The molecule has 0 radical (unpaired) electrons. The third kappa shape index (κ3) is 2.61. The molecule has 1 N–H and O–H groups in total. The zero-order valence-electron chi connectivity index (χ0n) is 12.6. The normalized spacial score (nSPS) is 14.0. The number of rotatable bonds is 4. The number of benzene rings is 1. The predicted molar refractivity (Wildman–Crippen MR) is 91.4 cm³/mol. The molecule has 3 rings (SSSR count). The standard InChI is InChI=1S/C17H21BrN2O/c1-3-10-19-16-11-6-4-5-7-13(11)20-17-12(18)8-9-14(21-2)15(16)17/h8-9H,3-7,10H2,1-2H3,(H,19,20). The summed E-state index contributed by atoms with van der Waals surface area (Å²) in [7, 11) is 1.73. The van der Waals surface area contributed by atoms with Crippen molar-refractivity contribution in [3.63, 3.8) is 0 Å². The minimum Gasteiger partial charge on any atom is -0.496 e. The molecule has 1 aliphatic carbocycles. The second-order valence-electron chi connectivity index (χ2n) is 5.52. The second kappa shape index (κ2) is 6.22. The van der Waals surface area contributed by atoms with Gasteiger partial charge in [-0.05, 0) is 65.7 Å². The van der Waals surface area contributed by atoms with E-state index in [1.165, 1.54) is 29.8 Å². The lowest BCUT2D eigenvalue weighted by Gasteiger charge is -2.23. The van der Waals surface area contributed by atoms with Crippen LogP contribution in [0, 0.1) is 0 Å². The quantitative estimate of drug-likeness (QED) is 0.868. The summed E-state index contributed by atoms with van der Waals surface area (Å²) in [4.78, 5) is 4.93. The van der Waals surface area contributed by atoms with E-state index in [4.69, 9.17) is 9.72 Å². The van der Waals surface area contributed by atoms with Crippen molar-refractivity contribution in [2.75, 3.05) is 19.0 Å². The van der Waals surface area contributed by atoms with Crippen molar-refractivity contribution >= 4 is 32.5 Å². The number of nitrogens with zero attached hydrogens (tertiary/aromatic N) is 1. The van der Waals surface area contributed by atoms with Crippen LogP contribution >= 0.6 is 15.9 Å². The minimum atomic E-state index is 0.896. The summed E-state index contributed by atoms with van der Waals surface area (Å²) >= 11 is 3.64. The Bertz CT molecular complexity index is 670. The number of hydrogen-bond acceptors (Lipinski definition) is 3. The molecule has 0 spiro atoms. The SMILES string of the molecule is CCCNc1c2c(nc3c(Br)ccc(OC)c13)CCCC2. The number of nitrogens with one attached hydrogen (secondary N) is 1. The van der Waals surface area contributed by atoms with Gasteiger partial charge < -0.3 is 10.1 Å². The molecule has 0 atom stereocenters. The van der Waals surface area contributed by atoms with E-state index in [-0.39, 0.29) is 0 Å². The number of hydrogen-bond donors (Lipinski definition) is 1. The van der Waals surface area contributed by atoms with E-state index in [2.05, 4.69) is 28.2 Å². The maximum Gasteiger partial charge on any atom is 0.130 e. The Morgan fingerprint density at radius 1 is 1.29 bits per heavy atom. The van der Waals surface area contributed by atoms with Crippen LogP contribution in [0.15, 0.2) is 16.6 Å². The van der Waals surface area contributed by atoms with Gasteiger partial charge in [0.15, 0.2) is 0 Å². The van der Waals surface area contributed by atoms with Gasteiger partial charge in [-0.2, -0.15) is 0 Å². The van der Waals surface area contributed by atoms with E-state index < -0.39 is 0 Å². The third-order valence-corrected chi connectivity index (χ3v) is 4.74. The highest BCUT2D eigenvalue weighted by molar-refractivity contribution is 9.10. The zero-order chi connectivity index (χ0) is 14.8. The summed E-state index contributed by atoms with van der Waals surface area (Å²) in [5, 5.41) is 4.74. The van der Waals surface area contributed by atoms with Gasteiger partial charge in [-0.15, -0.1) is 0 Å². The van der Waals surface area contributed by atoms with Gasteiger partial charge in [0.1, 0.15) is 5.75 Å². The van der Waals surface area contributed by atoms with Crippen LogP contribution in [0.4, 0.5) is 5.69 Å². The van der Waals surface area contributed by atoms with Crippen molar-refractivity contribution in [2.45, 2.75) is 39.0 Å². The van der Waals surface area contributed by atoms with Crippen LogP contribution in [0.1, 0.15) is 37.4 Å². The number of aryl methyl sites for hydroxylation is 1. The van der Waals surface area contributed by atoms with Crippen LogP contribution in [0.3, 0.4) is 0 Å². The first kappa shape index (κ1) is 14.6. The monoisotopic (exact) mass is 348 g/mol. The van der Waals surface area contributed by atoms with E-state index in [1.54, 1.807) is 7.11 Å². The highest BCUT2D eigenvalue weighted by Gasteiger charge is 2.21. The first-order chi connectivity index (χ1) is 10.3. The summed E-state index contributed by atoms with van der Waals surface area (Å²) in [5.41, 5.74) is 4.88. The van der Waals surface area contributed by atoms with Crippen LogP contribution in [-0.2, 0) is 12.8 Å². The molecule has 0 bridgehead atoms. The Morgan fingerprint density at radius 3 is 2.86 bits per heavy atom. The van der Waals surface area contributed by atoms with Crippen molar-refractivity contribution in [2.24, 2.45) is 0 Å². The van der Waals surface area contributed by atoms with E-state index in [1.807, 2.05) is 12.1 Å². The predicted octanol–water partition coefficient (Wildman–Crippen LogP) is 4.71. The fourth-order valence-electron chi connectivity index (χ4n) is 3.08. The molecular weight excluding hydrogens is 328 g/mol. The summed E-state index contributed by atoms with van der Waals surface area (Å²) in [5.74, 6) is 0.896. The number of methoxy groups -OCH3 is 1. The van der Waals surface area contributed by atoms with Gasteiger partial charge in [-0.1, -0.05) is 6.92 Å². The number of anilines is 1. The lowest BCUT2D eigenvalue weighted by molar-refractivity contribution is 0.419. The maximum atomic E-state index is 5.59. The molecule has 0 fully saturated rings. The van der Waals surface area contributed by atoms with Crippen LogP contribution in [0.2, 0.25) is 0 Å². The fraction of sp³-hybridized carbons (Fsp3) is 0.471. The second-order valence-corrected chi connectivity index (χ2v) is 6.37. The van der Waals surface area contributed by atoms with E-state index >= 15 is 0 Å². The van der Waals surface area contributed by atoms with E-state index in [9.17, 15) is 0 Å². The molecule has 2 aromatic rings. The van der Waals surface area contributed by atoms with Crippen LogP contribution in [0.5, 0.6) is 5.75 Å². The van der Waals surface area contributed by atoms with Crippen LogP contribution < -0.4 is 10.1 Å². The maximum absolute atomic E-state index is 5.59. The Balaban J connectivity index is 2.31. The first-order valence-electron chi connectivity index (χ1n) is 7.68. The van der Waals surface area contributed by atoms with Crippen molar-refractivity contribution in [3.8, 4) is 5.75 Å². The summed E-state index contributed by atoms with van der Waals surface area (Å²) < 4.78 is 6.63. The van der Waals surface area contributed by atoms with E-state index in [0.29, 0.717) is 0 Å².